The van der Waals surface area contributed by atoms with Crippen molar-refractivity contribution in [2.75, 3.05) is 16.4 Å². The van der Waals surface area contributed by atoms with E-state index in [9.17, 15) is 19.2 Å². The fourth-order valence-corrected chi connectivity index (χ4v) is 3.37. The molecule has 8 nitrogen and oxygen atoms in total. The summed E-state index contributed by atoms with van der Waals surface area (Å²) in [6, 6.07) is 22.2. The molecule has 1 N–H and O–H groups in total. The number of para-hydroxylation sites is 3. The molecule has 1 heterocycles. The summed E-state index contributed by atoms with van der Waals surface area (Å²) in [4.78, 5) is 52.8. The van der Waals surface area contributed by atoms with E-state index in [-0.39, 0.29) is 11.3 Å². The number of rotatable bonds is 6. The van der Waals surface area contributed by atoms with E-state index >= 15 is 0 Å². The van der Waals surface area contributed by atoms with Gasteiger partial charge in [-0.25, -0.2) is 19.4 Å². The lowest BCUT2D eigenvalue weighted by Crippen LogP contribution is -2.57. The molecule has 0 atom stereocenters. The van der Waals surface area contributed by atoms with E-state index in [1.54, 1.807) is 78.9 Å². The van der Waals surface area contributed by atoms with E-state index < -0.39 is 30.4 Å². The average Bonchev–Trinajstić information content (AvgIpc) is 2.82. The largest absolute Gasteiger partial charge is 0.481 e. The summed E-state index contributed by atoms with van der Waals surface area (Å²) in [5.74, 6) is -2.58. The Morgan fingerprint density at radius 3 is 1.76 bits per heavy atom. The van der Waals surface area contributed by atoms with Gasteiger partial charge in [0.05, 0.1) is 11.4 Å². The molecule has 3 aromatic carbocycles. The molecule has 0 saturated carbocycles. The fourth-order valence-electron chi connectivity index (χ4n) is 3.37. The molecule has 164 valence electrons. The Hall–Kier alpha value is -4.72. The highest BCUT2D eigenvalue weighted by Gasteiger charge is 2.43. The molecule has 4 amide bonds. The second-order valence-electron chi connectivity index (χ2n) is 7.01. The number of benzene rings is 3. The lowest BCUT2D eigenvalue weighted by Gasteiger charge is -2.34. The van der Waals surface area contributed by atoms with Gasteiger partial charge in [0.15, 0.2) is 6.61 Å². The van der Waals surface area contributed by atoms with Gasteiger partial charge >= 0.3 is 12.0 Å². The zero-order valence-corrected chi connectivity index (χ0v) is 17.3. The van der Waals surface area contributed by atoms with Gasteiger partial charge in [-0.15, -0.1) is 0 Å². The molecular formula is C25H18N2O6. The highest BCUT2D eigenvalue weighted by Crippen LogP contribution is 2.30. The van der Waals surface area contributed by atoms with Crippen LogP contribution < -0.4 is 14.5 Å². The molecule has 1 saturated heterocycles. The third-order valence-electron chi connectivity index (χ3n) is 4.85. The maximum absolute atomic E-state index is 13.4. The van der Waals surface area contributed by atoms with E-state index in [4.69, 9.17) is 9.84 Å². The van der Waals surface area contributed by atoms with Gasteiger partial charge in [0.25, 0.3) is 11.8 Å². The third kappa shape index (κ3) is 4.35. The Labute approximate surface area is 188 Å². The zero-order valence-electron chi connectivity index (χ0n) is 17.3. The first-order valence-electron chi connectivity index (χ1n) is 9.95. The molecule has 3 aromatic rings. The minimum atomic E-state index is -1.17. The number of amides is 4. The van der Waals surface area contributed by atoms with Crippen LogP contribution in [0.1, 0.15) is 5.56 Å². The summed E-state index contributed by atoms with van der Waals surface area (Å²) in [5, 5.41) is 8.92. The summed E-state index contributed by atoms with van der Waals surface area (Å²) < 4.78 is 5.29. The normalized spacial score (nSPS) is 13.8. The number of nitrogens with zero attached hydrogens (tertiary/aromatic N) is 2. The Morgan fingerprint density at radius 2 is 1.24 bits per heavy atom. The number of carbonyl (C=O) groups is 4. The van der Waals surface area contributed by atoms with E-state index in [2.05, 4.69) is 0 Å². The second-order valence-corrected chi connectivity index (χ2v) is 7.01. The number of aliphatic carboxylic acids is 1. The summed E-state index contributed by atoms with van der Waals surface area (Å²) >= 11 is 0. The van der Waals surface area contributed by atoms with Gasteiger partial charge in [0.2, 0.25) is 0 Å². The van der Waals surface area contributed by atoms with Crippen LogP contribution in [0.3, 0.4) is 0 Å². The monoisotopic (exact) mass is 442 g/mol. The van der Waals surface area contributed by atoms with Crippen LogP contribution >= 0.6 is 0 Å². The second kappa shape index (κ2) is 9.19. The molecule has 0 unspecified atom stereocenters. The van der Waals surface area contributed by atoms with Gasteiger partial charge in [-0.05, 0) is 36.4 Å². The molecule has 0 bridgehead atoms. The molecule has 4 rings (SSSR count). The van der Waals surface area contributed by atoms with E-state index in [1.807, 2.05) is 0 Å². The third-order valence-corrected chi connectivity index (χ3v) is 4.85. The Bertz CT molecular complexity index is 1190. The first-order chi connectivity index (χ1) is 16.0. The number of hydrogen-bond donors (Lipinski definition) is 1. The minimum Gasteiger partial charge on any atom is -0.481 e. The highest BCUT2D eigenvalue weighted by molar-refractivity contribution is 6.46. The van der Waals surface area contributed by atoms with Crippen molar-refractivity contribution in [2.24, 2.45) is 0 Å². The van der Waals surface area contributed by atoms with Crippen molar-refractivity contribution in [1.29, 1.82) is 0 Å². The Balaban J connectivity index is 1.84. The van der Waals surface area contributed by atoms with Crippen molar-refractivity contribution in [2.45, 2.75) is 0 Å². The molecule has 33 heavy (non-hydrogen) atoms. The van der Waals surface area contributed by atoms with E-state index in [1.165, 1.54) is 12.1 Å². The molecule has 0 aromatic heterocycles. The van der Waals surface area contributed by atoms with Crippen LogP contribution in [0.25, 0.3) is 6.08 Å². The number of carboxylic acids is 1. The molecule has 0 aliphatic carbocycles. The van der Waals surface area contributed by atoms with E-state index in [0.717, 1.165) is 9.80 Å². The number of barbiturate groups is 1. The van der Waals surface area contributed by atoms with E-state index in [0.29, 0.717) is 16.9 Å². The lowest BCUT2D eigenvalue weighted by molar-refractivity contribution is -0.139. The van der Waals surface area contributed by atoms with Crippen molar-refractivity contribution in [3.63, 3.8) is 0 Å². The predicted octanol–water partition coefficient (Wildman–Crippen LogP) is 3.73. The molecular weight excluding hydrogens is 424 g/mol. The van der Waals surface area contributed by atoms with Crippen molar-refractivity contribution in [1.82, 2.24) is 0 Å². The van der Waals surface area contributed by atoms with Crippen LogP contribution in [0.15, 0.2) is 90.5 Å². The maximum Gasteiger partial charge on any atom is 0.343 e. The smallest absolute Gasteiger partial charge is 0.343 e. The molecule has 1 fully saturated rings. The topological polar surface area (TPSA) is 104 Å². The average molecular weight is 442 g/mol. The summed E-state index contributed by atoms with van der Waals surface area (Å²) in [6.45, 7) is -0.590. The number of ether oxygens (including phenoxy) is 1. The predicted molar refractivity (Wildman–Crippen MR) is 121 cm³/mol. The molecule has 8 heteroatoms. The van der Waals surface area contributed by atoms with Crippen LogP contribution in [0, 0.1) is 0 Å². The number of imide groups is 2. The fraction of sp³-hybridized carbons (Fsp3) is 0.0400. The van der Waals surface area contributed by atoms with Gasteiger partial charge in [-0.3, -0.25) is 9.59 Å². The van der Waals surface area contributed by atoms with Crippen LogP contribution in [0.5, 0.6) is 5.75 Å². The SMILES string of the molecule is O=C(O)COc1ccccc1C=C1C(=O)N(c2ccccc2)C(=O)N(c2ccccc2)C1=O. The van der Waals surface area contributed by atoms with Crippen LogP contribution in [0.2, 0.25) is 0 Å². The number of carbonyl (C=O) groups excluding carboxylic acids is 3. The first-order valence-corrected chi connectivity index (χ1v) is 9.95. The van der Waals surface area contributed by atoms with Crippen molar-refractivity contribution in [3.05, 3.63) is 96.1 Å². The van der Waals surface area contributed by atoms with Gasteiger partial charge in [-0.1, -0.05) is 54.6 Å². The van der Waals surface area contributed by atoms with Gasteiger partial charge in [-0.2, -0.15) is 0 Å². The van der Waals surface area contributed by atoms with Crippen molar-refractivity contribution < 1.29 is 29.0 Å². The quantitative estimate of drug-likeness (QED) is 0.461. The first kappa shape index (κ1) is 21.5. The van der Waals surface area contributed by atoms with Crippen molar-refractivity contribution >= 4 is 41.3 Å². The summed E-state index contributed by atoms with van der Waals surface area (Å²) in [5.41, 5.74) is 0.670. The molecule has 1 aliphatic rings. The van der Waals surface area contributed by atoms with Crippen LogP contribution in [-0.2, 0) is 14.4 Å². The maximum atomic E-state index is 13.4. The zero-order chi connectivity index (χ0) is 23.4. The number of carboxylic acid groups (broad SMARTS) is 1. The minimum absolute atomic E-state index is 0.183. The number of hydrogen-bond acceptors (Lipinski definition) is 5. The van der Waals surface area contributed by atoms with Gasteiger partial charge in [0.1, 0.15) is 11.3 Å². The molecule has 0 spiro atoms. The Kier molecular flexibility index (Phi) is 5.99. The summed E-state index contributed by atoms with van der Waals surface area (Å²) in [6.07, 6.45) is 1.31. The van der Waals surface area contributed by atoms with Gasteiger partial charge in [0, 0.05) is 5.56 Å². The van der Waals surface area contributed by atoms with Gasteiger partial charge < -0.3 is 9.84 Å². The highest BCUT2D eigenvalue weighted by atomic mass is 16.5. The number of anilines is 2. The van der Waals surface area contributed by atoms with Crippen LogP contribution in [0.4, 0.5) is 16.2 Å². The summed E-state index contributed by atoms with van der Waals surface area (Å²) in [7, 11) is 0. The standard InChI is InChI=1S/C25H18N2O6/c28-22(29)16-33-21-14-8-7-9-17(21)15-20-23(30)26(18-10-3-1-4-11-18)25(32)27(24(20)31)19-12-5-2-6-13-19/h1-15H,16H2,(H,28,29). The van der Waals surface area contributed by atoms with Crippen LogP contribution in [-0.4, -0.2) is 35.5 Å². The Morgan fingerprint density at radius 1 is 0.758 bits per heavy atom. The molecule has 0 radical (unpaired) electrons. The van der Waals surface area contributed by atoms with Crippen molar-refractivity contribution in [3.8, 4) is 5.75 Å². The molecule has 1 aliphatic heterocycles. The lowest BCUT2D eigenvalue weighted by atomic mass is 10.0. The number of urea groups is 1.